The van der Waals surface area contributed by atoms with Gasteiger partial charge in [-0.15, -0.1) is 0 Å². The highest BCUT2D eigenvalue weighted by molar-refractivity contribution is 6.05. The van der Waals surface area contributed by atoms with Crippen LogP contribution in [0, 0.1) is 6.92 Å². The van der Waals surface area contributed by atoms with Crippen molar-refractivity contribution < 1.29 is 14.3 Å². The first-order valence-corrected chi connectivity index (χ1v) is 8.61. The molecule has 0 bridgehead atoms. The van der Waals surface area contributed by atoms with Crippen LogP contribution in [0.2, 0.25) is 0 Å². The van der Waals surface area contributed by atoms with Crippen LogP contribution < -0.4 is 4.74 Å². The molecule has 0 radical (unpaired) electrons. The molecular weight excluding hydrogens is 312 g/mol. The van der Waals surface area contributed by atoms with E-state index in [4.69, 9.17) is 9.47 Å². The highest BCUT2D eigenvalue weighted by atomic mass is 16.5. The minimum absolute atomic E-state index is 0.321. The Balaban J connectivity index is 1.74. The van der Waals surface area contributed by atoms with Crippen molar-refractivity contribution in [2.45, 2.75) is 26.7 Å². The summed E-state index contributed by atoms with van der Waals surface area (Å²) < 4.78 is 11.0. The Morgan fingerprint density at radius 2 is 1.76 bits per heavy atom. The molecule has 1 heterocycles. The van der Waals surface area contributed by atoms with Gasteiger partial charge in [-0.1, -0.05) is 55.3 Å². The molecule has 0 saturated heterocycles. The molecule has 3 heteroatoms. The van der Waals surface area contributed by atoms with Gasteiger partial charge >= 0.3 is 5.97 Å². The number of unbranched alkanes of at least 4 members (excludes halogenated alkanes) is 1. The minimum Gasteiger partial charge on any atom is -0.494 e. The smallest absolute Gasteiger partial charge is 0.343 e. The first kappa shape index (κ1) is 17.0. The fraction of sp³-hybridized carbons (Fsp3) is 0.227. The van der Waals surface area contributed by atoms with Crippen molar-refractivity contribution in [1.29, 1.82) is 0 Å². The molecule has 0 aromatic heterocycles. The van der Waals surface area contributed by atoms with E-state index in [9.17, 15) is 4.79 Å². The molecule has 2 aromatic carbocycles. The van der Waals surface area contributed by atoms with Crippen LogP contribution in [0.5, 0.6) is 5.75 Å². The SMILES string of the molecule is CCCCOc1ccc(/C=C2\C=C(c3ccc(C)cc3)OC2=O)cc1. The van der Waals surface area contributed by atoms with E-state index in [1.165, 1.54) is 5.56 Å². The van der Waals surface area contributed by atoms with E-state index in [0.29, 0.717) is 11.3 Å². The normalized spacial score (nSPS) is 15.2. The Labute approximate surface area is 148 Å². The van der Waals surface area contributed by atoms with Crippen LogP contribution in [0.15, 0.2) is 60.2 Å². The van der Waals surface area contributed by atoms with Gasteiger partial charge in [0.05, 0.1) is 12.2 Å². The summed E-state index contributed by atoms with van der Waals surface area (Å²) >= 11 is 0. The first-order valence-electron chi connectivity index (χ1n) is 8.61. The van der Waals surface area contributed by atoms with Crippen LogP contribution in [0.4, 0.5) is 0 Å². The van der Waals surface area contributed by atoms with Crippen LogP contribution in [0.1, 0.15) is 36.5 Å². The molecule has 1 aliphatic heterocycles. The van der Waals surface area contributed by atoms with Crippen molar-refractivity contribution in [2.24, 2.45) is 0 Å². The highest BCUT2D eigenvalue weighted by Gasteiger charge is 2.21. The summed E-state index contributed by atoms with van der Waals surface area (Å²) in [6.45, 7) is 4.89. The van der Waals surface area contributed by atoms with E-state index in [1.807, 2.05) is 61.5 Å². The average molecular weight is 334 g/mol. The topological polar surface area (TPSA) is 35.5 Å². The minimum atomic E-state index is -0.321. The lowest BCUT2D eigenvalue weighted by Gasteiger charge is -2.05. The standard InChI is InChI=1S/C22H22O3/c1-3-4-13-24-20-11-7-17(8-12-20)14-19-15-21(25-22(19)23)18-9-5-16(2)6-10-18/h5-12,14-15H,3-4,13H2,1-2H3/b19-14+. The maximum absolute atomic E-state index is 12.1. The quantitative estimate of drug-likeness (QED) is 0.416. The Kier molecular flexibility index (Phi) is 5.34. The maximum Gasteiger partial charge on any atom is 0.343 e. The number of esters is 1. The molecule has 3 rings (SSSR count). The zero-order valence-corrected chi connectivity index (χ0v) is 14.6. The lowest BCUT2D eigenvalue weighted by atomic mass is 10.1. The third-order valence-corrected chi connectivity index (χ3v) is 4.03. The molecule has 0 aliphatic carbocycles. The summed E-state index contributed by atoms with van der Waals surface area (Å²) in [5.41, 5.74) is 3.57. The van der Waals surface area contributed by atoms with E-state index in [1.54, 1.807) is 6.08 Å². The zero-order valence-electron chi connectivity index (χ0n) is 14.6. The Morgan fingerprint density at radius 3 is 2.44 bits per heavy atom. The van der Waals surface area contributed by atoms with Crippen molar-refractivity contribution in [3.05, 3.63) is 76.9 Å². The monoisotopic (exact) mass is 334 g/mol. The van der Waals surface area contributed by atoms with Crippen LogP contribution in [0.3, 0.4) is 0 Å². The van der Waals surface area contributed by atoms with Crippen LogP contribution in [-0.2, 0) is 9.53 Å². The second kappa shape index (κ2) is 7.84. The average Bonchev–Trinajstić information content (AvgIpc) is 2.98. The van der Waals surface area contributed by atoms with E-state index in [-0.39, 0.29) is 5.97 Å². The van der Waals surface area contributed by atoms with E-state index < -0.39 is 0 Å². The van der Waals surface area contributed by atoms with Crippen LogP contribution >= 0.6 is 0 Å². The summed E-state index contributed by atoms with van der Waals surface area (Å²) in [6, 6.07) is 15.7. The number of hydrogen-bond donors (Lipinski definition) is 0. The highest BCUT2D eigenvalue weighted by Crippen LogP contribution is 2.28. The summed E-state index contributed by atoms with van der Waals surface area (Å²) in [7, 11) is 0. The van der Waals surface area contributed by atoms with Gasteiger partial charge in [0, 0.05) is 5.56 Å². The molecule has 0 N–H and O–H groups in total. The molecule has 128 valence electrons. The van der Waals surface area contributed by atoms with Gasteiger partial charge in [0.15, 0.2) is 0 Å². The molecule has 1 aliphatic rings. The molecule has 0 atom stereocenters. The number of hydrogen-bond acceptors (Lipinski definition) is 3. The van der Waals surface area contributed by atoms with Crippen molar-refractivity contribution in [3.8, 4) is 5.75 Å². The summed E-state index contributed by atoms with van der Waals surface area (Å²) in [5.74, 6) is 1.12. The molecule has 0 fully saturated rings. The molecule has 2 aromatic rings. The maximum atomic E-state index is 12.1. The van der Waals surface area contributed by atoms with Gasteiger partial charge in [-0.25, -0.2) is 4.79 Å². The fourth-order valence-corrected chi connectivity index (χ4v) is 2.52. The van der Waals surface area contributed by atoms with Gasteiger partial charge in [0.1, 0.15) is 11.5 Å². The predicted molar refractivity (Wildman–Crippen MR) is 100 cm³/mol. The Morgan fingerprint density at radius 1 is 1.04 bits per heavy atom. The molecule has 0 saturated carbocycles. The number of aryl methyl sites for hydroxylation is 1. The van der Waals surface area contributed by atoms with Gasteiger partial charge in [0.2, 0.25) is 0 Å². The van der Waals surface area contributed by atoms with Crippen molar-refractivity contribution in [3.63, 3.8) is 0 Å². The zero-order chi connectivity index (χ0) is 17.6. The van der Waals surface area contributed by atoms with Crippen LogP contribution in [-0.4, -0.2) is 12.6 Å². The first-order chi connectivity index (χ1) is 12.2. The summed E-state index contributed by atoms with van der Waals surface area (Å²) in [5, 5.41) is 0. The molecule has 0 unspecified atom stereocenters. The second-order valence-electron chi connectivity index (χ2n) is 6.13. The van der Waals surface area contributed by atoms with E-state index >= 15 is 0 Å². The third-order valence-electron chi connectivity index (χ3n) is 4.03. The summed E-state index contributed by atoms with van der Waals surface area (Å²) in [4.78, 5) is 12.1. The number of carbonyl (C=O) groups excluding carboxylic acids is 1. The number of benzene rings is 2. The van der Waals surface area contributed by atoms with Gasteiger partial charge in [-0.05, 0) is 43.2 Å². The Bertz CT molecular complexity index is 796. The largest absolute Gasteiger partial charge is 0.494 e. The van der Waals surface area contributed by atoms with Crippen molar-refractivity contribution in [2.75, 3.05) is 6.61 Å². The van der Waals surface area contributed by atoms with Gasteiger partial charge in [0.25, 0.3) is 0 Å². The number of rotatable bonds is 6. The number of cyclic esters (lactones) is 1. The molecule has 0 amide bonds. The predicted octanol–water partition coefficient (Wildman–Crippen LogP) is 5.16. The summed E-state index contributed by atoms with van der Waals surface area (Å²) in [6.07, 6.45) is 5.78. The van der Waals surface area contributed by atoms with E-state index in [0.717, 1.165) is 36.3 Å². The molecule has 25 heavy (non-hydrogen) atoms. The number of carbonyl (C=O) groups is 1. The van der Waals surface area contributed by atoms with E-state index in [2.05, 4.69) is 6.92 Å². The van der Waals surface area contributed by atoms with Gasteiger partial charge in [-0.3, -0.25) is 0 Å². The molecular formula is C22H22O3. The van der Waals surface area contributed by atoms with Gasteiger partial charge in [-0.2, -0.15) is 0 Å². The second-order valence-corrected chi connectivity index (χ2v) is 6.13. The molecule has 0 spiro atoms. The number of ether oxygens (including phenoxy) is 2. The van der Waals surface area contributed by atoms with Crippen molar-refractivity contribution in [1.82, 2.24) is 0 Å². The Hall–Kier alpha value is -2.81. The van der Waals surface area contributed by atoms with Gasteiger partial charge < -0.3 is 9.47 Å². The fourth-order valence-electron chi connectivity index (χ4n) is 2.52. The van der Waals surface area contributed by atoms with Crippen LogP contribution in [0.25, 0.3) is 11.8 Å². The lowest BCUT2D eigenvalue weighted by Crippen LogP contribution is -1.97. The third kappa shape index (κ3) is 4.38. The molecule has 3 nitrogen and oxygen atoms in total. The lowest BCUT2D eigenvalue weighted by molar-refractivity contribution is -0.130. The van der Waals surface area contributed by atoms with Crippen molar-refractivity contribution >= 4 is 17.8 Å².